The molecule has 176 valence electrons. The molecule has 0 radical (unpaired) electrons. The zero-order chi connectivity index (χ0) is 23.8. The Labute approximate surface area is 202 Å². The average molecular weight is 477 g/mol. The van der Waals surface area contributed by atoms with Crippen LogP contribution in [-0.4, -0.2) is 77.1 Å². The second-order valence-electron chi connectivity index (χ2n) is 8.89. The van der Waals surface area contributed by atoms with E-state index in [0.29, 0.717) is 21.6 Å². The van der Waals surface area contributed by atoms with Crippen molar-refractivity contribution in [1.29, 1.82) is 0 Å². The first-order valence-corrected chi connectivity index (χ1v) is 12.3. The molecule has 0 aliphatic carbocycles. The van der Waals surface area contributed by atoms with Crippen molar-refractivity contribution in [1.82, 2.24) is 24.3 Å². The molecular formula is C25H28N6O2S. The van der Waals surface area contributed by atoms with Gasteiger partial charge in [-0.15, -0.1) is 11.3 Å². The summed E-state index contributed by atoms with van der Waals surface area (Å²) in [6, 6.07) is 8.36. The van der Waals surface area contributed by atoms with Crippen LogP contribution in [0.4, 0.5) is 5.69 Å². The van der Waals surface area contributed by atoms with E-state index in [2.05, 4.69) is 38.0 Å². The summed E-state index contributed by atoms with van der Waals surface area (Å²) in [4.78, 5) is 42.0. The van der Waals surface area contributed by atoms with Crippen LogP contribution in [0.15, 0.2) is 47.8 Å². The van der Waals surface area contributed by atoms with Crippen LogP contribution in [0.25, 0.3) is 21.0 Å². The van der Waals surface area contributed by atoms with Crippen molar-refractivity contribution in [2.24, 2.45) is 0 Å². The fourth-order valence-electron chi connectivity index (χ4n) is 4.54. The van der Waals surface area contributed by atoms with Crippen molar-refractivity contribution in [2.45, 2.75) is 13.5 Å². The number of thiophene rings is 1. The number of anilines is 1. The van der Waals surface area contributed by atoms with Crippen LogP contribution in [-0.2, 0) is 6.54 Å². The maximum Gasteiger partial charge on any atom is 0.263 e. The van der Waals surface area contributed by atoms with Gasteiger partial charge in [0, 0.05) is 70.3 Å². The van der Waals surface area contributed by atoms with Gasteiger partial charge >= 0.3 is 0 Å². The SMILES string of the molecule is Cc1c(C(=O)N(C)C)sc2ncn(CCN3CCN(c4cncc5ccccc45)CC3)c(=O)c12. The number of aryl methyl sites for hydroxylation is 1. The highest BCUT2D eigenvalue weighted by Gasteiger charge is 2.22. The number of aromatic nitrogens is 3. The third kappa shape index (κ3) is 4.05. The van der Waals surface area contributed by atoms with Crippen molar-refractivity contribution in [3.8, 4) is 0 Å². The molecule has 3 aromatic heterocycles. The quantitative estimate of drug-likeness (QED) is 0.441. The van der Waals surface area contributed by atoms with E-state index in [4.69, 9.17) is 0 Å². The van der Waals surface area contributed by atoms with E-state index < -0.39 is 0 Å². The van der Waals surface area contributed by atoms with Crippen LogP contribution >= 0.6 is 11.3 Å². The van der Waals surface area contributed by atoms with E-state index in [1.54, 1.807) is 25.0 Å². The smallest absolute Gasteiger partial charge is 0.263 e. The van der Waals surface area contributed by atoms with Gasteiger partial charge in [-0.05, 0) is 12.5 Å². The lowest BCUT2D eigenvalue weighted by molar-refractivity contribution is 0.0831. The summed E-state index contributed by atoms with van der Waals surface area (Å²) in [6.07, 6.45) is 5.48. The number of rotatable bonds is 5. The van der Waals surface area contributed by atoms with Crippen molar-refractivity contribution >= 4 is 43.9 Å². The van der Waals surface area contributed by atoms with Gasteiger partial charge in [-0.25, -0.2) is 4.98 Å². The first kappa shape index (κ1) is 22.5. The summed E-state index contributed by atoms with van der Waals surface area (Å²) in [5.74, 6) is -0.0919. The summed E-state index contributed by atoms with van der Waals surface area (Å²) in [5, 5.41) is 2.95. The maximum atomic E-state index is 13.2. The third-order valence-corrected chi connectivity index (χ3v) is 7.72. The van der Waals surface area contributed by atoms with E-state index in [-0.39, 0.29) is 11.5 Å². The van der Waals surface area contributed by atoms with Crippen molar-refractivity contribution in [3.05, 3.63) is 63.8 Å². The van der Waals surface area contributed by atoms with Crippen molar-refractivity contribution in [3.63, 3.8) is 0 Å². The van der Waals surface area contributed by atoms with E-state index in [1.165, 1.54) is 27.3 Å². The number of amides is 1. The average Bonchev–Trinajstić information content (AvgIpc) is 3.20. The van der Waals surface area contributed by atoms with Gasteiger partial charge in [0.1, 0.15) is 4.83 Å². The minimum atomic E-state index is -0.0919. The summed E-state index contributed by atoms with van der Waals surface area (Å²) >= 11 is 1.29. The van der Waals surface area contributed by atoms with Crippen LogP contribution in [0.2, 0.25) is 0 Å². The van der Waals surface area contributed by atoms with Crippen LogP contribution < -0.4 is 10.5 Å². The number of carbonyl (C=O) groups is 1. The largest absolute Gasteiger partial charge is 0.367 e. The predicted octanol–water partition coefficient (Wildman–Crippen LogP) is 2.84. The normalized spacial score (nSPS) is 14.7. The molecule has 0 atom stereocenters. The molecule has 9 heteroatoms. The zero-order valence-electron chi connectivity index (χ0n) is 19.7. The summed E-state index contributed by atoms with van der Waals surface area (Å²) in [6.45, 7) is 6.87. The lowest BCUT2D eigenvalue weighted by Crippen LogP contribution is -2.47. The van der Waals surface area contributed by atoms with E-state index in [9.17, 15) is 9.59 Å². The Morgan fingerprint density at radius 1 is 1.09 bits per heavy atom. The van der Waals surface area contributed by atoms with Crippen LogP contribution in [0.3, 0.4) is 0 Å². The molecule has 0 spiro atoms. The number of benzene rings is 1. The number of pyridine rings is 1. The first-order chi connectivity index (χ1) is 16.4. The number of hydrogen-bond donors (Lipinski definition) is 0. The van der Waals surface area contributed by atoms with Gasteiger partial charge < -0.3 is 9.80 Å². The molecule has 5 rings (SSSR count). The van der Waals surface area contributed by atoms with Gasteiger partial charge in [-0.1, -0.05) is 24.3 Å². The van der Waals surface area contributed by atoms with E-state index in [0.717, 1.165) is 43.7 Å². The number of hydrogen-bond acceptors (Lipinski definition) is 7. The Balaban J connectivity index is 1.27. The van der Waals surface area contributed by atoms with Gasteiger partial charge in [0.2, 0.25) is 0 Å². The van der Waals surface area contributed by atoms with Gasteiger partial charge in [0.05, 0.1) is 28.5 Å². The molecule has 1 amide bonds. The van der Waals surface area contributed by atoms with Crippen LogP contribution in [0.5, 0.6) is 0 Å². The van der Waals surface area contributed by atoms with E-state index >= 15 is 0 Å². The minimum absolute atomic E-state index is 0.0722. The van der Waals surface area contributed by atoms with Crippen LogP contribution in [0.1, 0.15) is 15.2 Å². The molecule has 1 fully saturated rings. The highest BCUT2D eigenvalue weighted by atomic mass is 32.1. The lowest BCUT2D eigenvalue weighted by atomic mass is 10.1. The lowest BCUT2D eigenvalue weighted by Gasteiger charge is -2.36. The third-order valence-electron chi connectivity index (χ3n) is 6.54. The van der Waals surface area contributed by atoms with Gasteiger partial charge in [0.25, 0.3) is 11.5 Å². The second kappa shape index (κ2) is 9.15. The molecule has 1 saturated heterocycles. The molecule has 0 unspecified atom stereocenters. The molecule has 1 aliphatic heterocycles. The number of carbonyl (C=O) groups excluding carboxylic acids is 1. The fourth-order valence-corrected chi connectivity index (χ4v) is 5.70. The Morgan fingerprint density at radius 3 is 2.62 bits per heavy atom. The van der Waals surface area contributed by atoms with E-state index in [1.807, 2.05) is 25.4 Å². The van der Waals surface area contributed by atoms with Crippen molar-refractivity contribution < 1.29 is 4.79 Å². The molecule has 8 nitrogen and oxygen atoms in total. The van der Waals surface area contributed by atoms with Crippen molar-refractivity contribution in [2.75, 3.05) is 51.7 Å². The fraction of sp³-hybridized carbons (Fsp3) is 0.360. The van der Waals surface area contributed by atoms with Gasteiger partial charge in [-0.2, -0.15) is 0 Å². The summed E-state index contributed by atoms with van der Waals surface area (Å²) < 4.78 is 1.67. The highest BCUT2D eigenvalue weighted by Crippen LogP contribution is 2.28. The predicted molar refractivity (Wildman–Crippen MR) is 137 cm³/mol. The Bertz CT molecular complexity index is 1410. The molecule has 0 saturated carbocycles. The Morgan fingerprint density at radius 2 is 1.85 bits per heavy atom. The zero-order valence-corrected chi connectivity index (χ0v) is 20.5. The van der Waals surface area contributed by atoms with Crippen LogP contribution in [0, 0.1) is 6.92 Å². The standard InChI is InChI=1S/C25H28N6O2S/c1-17-21-23(34-22(17)25(33)28(2)3)27-16-31(24(21)32)13-10-29-8-11-30(12-9-29)20-15-26-14-18-6-4-5-7-19(18)20/h4-7,14-16H,8-13H2,1-3H3. The topological polar surface area (TPSA) is 74.6 Å². The highest BCUT2D eigenvalue weighted by molar-refractivity contribution is 7.20. The Kier molecular flexibility index (Phi) is 6.05. The molecule has 1 aromatic carbocycles. The molecule has 4 aromatic rings. The number of fused-ring (bicyclic) bond motifs is 2. The monoisotopic (exact) mass is 476 g/mol. The minimum Gasteiger partial charge on any atom is -0.367 e. The molecule has 0 N–H and O–H groups in total. The van der Waals surface area contributed by atoms with Gasteiger partial charge in [-0.3, -0.25) is 24.0 Å². The molecule has 0 bridgehead atoms. The molecule has 34 heavy (non-hydrogen) atoms. The maximum absolute atomic E-state index is 13.2. The van der Waals surface area contributed by atoms with Gasteiger partial charge in [0.15, 0.2) is 0 Å². The summed E-state index contributed by atoms with van der Waals surface area (Å²) in [7, 11) is 3.43. The molecule has 4 heterocycles. The summed E-state index contributed by atoms with van der Waals surface area (Å²) in [5.41, 5.74) is 1.83. The molecular weight excluding hydrogens is 448 g/mol. The molecule has 1 aliphatic rings. The number of nitrogens with zero attached hydrogens (tertiary/aromatic N) is 6. The Hall–Kier alpha value is -3.30. The second-order valence-corrected chi connectivity index (χ2v) is 9.89. The number of piperazine rings is 1. The first-order valence-electron chi connectivity index (χ1n) is 11.4.